The number of nitrogens with one attached hydrogen (secondary N) is 1. The summed E-state index contributed by atoms with van der Waals surface area (Å²) in [6.45, 7) is 2.26. The third kappa shape index (κ3) is 6.24. The van der Waals surface area contributed by atoms with E-state index in [1.54, 1.807) is 14.2 Å². The van der Waals surface area contributed by atoms with Gasteiger partial charge in [0.2, 0.25) is 0 Å². The molecule has 1 atom stereocenters. The molecule has 6 nitrogen and oxygen atoms in total. The van der Waals surface area contributed by atoms with Crippen LogP contribution in [0.25, 0.3) is 23.3 Å². The summed E-state index contributed by atoms with van der Waals surface area (Å²) in [5, 5.41) is 31.3. The topological polar surface area (TPSA) is 91.2 Å². The van der Waals surface area contributed by atoms with Crippen LogP contribution in [0.2, 0.25) is 0 Å². The van der Waals surface area contributed by atoms with Crippen LogP contribution < -0.4 is 14.8 Å². The Balaban J connectivity index is 1.87. The molecule has 0 amide bonds. The molecule has 3 aromatic carbocycles. The predicted molar refractivity (Wildman–Crippen MR) is 136 cm³/mol. The van der Waals surface area contributed by atoms with Gasteiger partial charge in [0.25, 0.3) is 0 Å². The van der Waals surface area contributed by atoms with Crippen molar-refractivity contribution >= 4 is 12.2 Å². The Hall–Kier alpha value is -3.16. The van der Waals surface area contributed by atoms with Gasteiger partial charge in [0, 0.05) is 18.7 Å². The highest BCUT2D eigenvalue weighted by atomic mass is 16.5. The lowest BCUT2D eigenvalue weighted by atomic mass is 9.96. The van der Waals surface area contributed by atoms with Crippen molar-refractivity contribution in [1.82, 2.24) is 5.32 Å². The van der Waals surface area contributed by atoms with E-state index in [-0.39, 0.29) is 19.6 Å². The van der Waals surface area contributed by atoms with Crippen LogP contribution in [0.3, 0.4) is 0 Å². The molecule has 0 aromatic heterocycles. The lowest BCUT2D eigenvalue weighted by molar-refractivity contribution is -0.0717. The molecule has 6 heteroatoms. The maximum Gasteiger partial charge on any atom is 0.167 e. The van der Waals surface area contributed by atoms with Crippen LogP contribution in [0.5, 0.6) is 11.5 Å². The van der Waals surface area contributed by atoms with E-state index in [0.717, 1.165) is 16.7 Å². The van der Waals surface area contributed by atoms with Crippen LogP contribution in [0.15, 0.2) is 60.7 Å². The number of hydrogen-bond donors (Lipinski definition) is 4. The monoisotopic (exact) mass is 463 g/mol. The molecule has 0 aliphatic rings. The Labute approximate surface area is 201 Å². The van der Waals surface area contributed by atoms with Crippen LogP contribution in [0.4, 0.5) is 0 Å². The molecule has 0 spiro atoms. The molecule has 0 fully saturated rings. The molecule has 3 rings (SSSR count). The van der Waals surface area contributed by atoms with E-state index in [1.807, 2.05) is 36.4 Å². The van der Waals surface area contributed by atoms with Gasteiger partial charge in [-0.3, -0.25) is 0 Å². The number of rotatable bonds is 11. The van der Waals surface area contributed by atoms with Crippen molar-refractivity contribution in [2.45, 2.75) is 32.2 Å². The number of aliphatic hydroxyl groups excluding tert-OH is 2. The van der Waals surface area contributed by atoms with E-state index in [1.165, 1.54) is 16.7 Å². The minimum atomic E-state index is -1.58. The Bertz CT molecular complexity index is 1070. The number of benzene rings is 3. The van der Waals surface area contributed by atoms with Crippen LogP contribution in [0, 0.1) is 6.92 Å². The summed E-state index contributed by atoms with van der Waals surface area (Å²) in [6.07, 6.45) is 2.73. The smallest absolute Gasteiger partial charge is 0.167 e. The average Bonchev–Trinajstić information content (AvgIpc) is 2.86. The molecule has 0 aliphatic carbocycles. The van der Waals surface area contributed by atoms with Gasteiger partial charge in [-0.25, -0.2) is 0 Å². The molecule has 0 bridgehead atoms. The van der Waals surface area contributed by atoms with Gasteiger partial charge in [-0.1, -0.05) is 60.7 Å². The fourth-order valence-electron chi connectivity index (χ4n) is 3.95. The summed E-state index contributed by atoms with van der Waals surface area (Å²) in [7, 11) is 3.18. The first-order valence-corrected chi connectivity index (χ1v) is 11.3. The van der Waals surface area contributed by atoms with Gasteiger partial charge < -0.3 is 30.1 Å². The molecule has 0 radical (unpaired) electrons. The van der Waals surface area contributed by atoms with Crippen molar-refractivity contribution < 1.29 is 24.8 Å². The quantitative estimate of drug-likeness (QED) is 0.254. The summed E-state index contributed by atoms with van der Waals surface area (Å²) in [5.74, 6) is 1.24. The molecule has 3 aromatic rings. The predicted octanol–water partition coefficient (Wildman–Crippen LogP) is 4.00. The highest BCUT2D eigenvalue weighted by molar-refractivity contribution is 5.78. The Morgan fingerprint density at radius 2 is 1.59 bits per heavy atom. The van der Waals surface area contributed by atoms with Gasteiger partial charge >= 0.3 is 0 Å². The normalized spacial score (nSPS) is 12.3. The molecule has 0 saturated carbocycles. The molecule has 4 N–H and O–H groups in total. The van der Waals surface area contributed by atoms with E-state index >= 15 is 0 Å². The molecule has 0 aliphatic heterocycles. The van der Waals surface area contributed by atoms with E-state index in [0.29, 0.717) is 11.5 Å². The molecular weight excluding hydrogens is 430 g/mol. The van der Waals surface area contributed by atoms with E-state index in [2.05, 4.69) is 48.6 Å². The zero-order valence-corrected chi connectivity index (χ0v) is 19.9. The van der Waals surface area contributed by atoms with Crippen molar-refractivity contribution in [3.8, 4) is 22.6 Å². The standard InChI is InChI=1S/C28H33NO5/c1-19-21(10-7-11-23(19)22-8-5-4-6-9-22)13-12-20-16-26(33-2)24(27(17-20)34-3)18-29-25(14-15-30)28(31)32/h4-13,16-17,25,28-32H,14-15,18H2,1-3H3/b13-12+. The summed E-state index contributed by atoms with van der Waals surface area (Å²) < 4.78 is 11.2. The van der Waals surface area contributed by atoms with Crippen LogP contribution in [-0.4, -0.2) is 48.5 Å². The first-order chi connectivity index (χ1) is 16.5. The minimum Gasteiger partial charge on any atom is -0.496 e. The Kier molecular flexibility index (Phi) is 9.24. The minimum absolute atomic E-state index is 0.155. The van der Waals surface area contributed by atoms with E-state index in [9.17, 15) is 10.2 Å². The van der Waals surface area contributed by atoms with E-state index < -0.39 is 12.3 Å². The summed E-state index contributed by atoms with van der Waals surface area (Å²) >= 11 is 0. The molecular formula is C28H33NO5. The zero-order valence-electron chi connectivity index (χ0n) is 19.9. The number of ether oxygens (including phenoxy) is 2. The van der Waals surface area contributed by atoms with Crippen LogP contribution in [0.1, 0.15) is 28.7 Å². The van der Waals surface area contributed by atoms with Crippen LogP contribution >= 0.6 is 0 Å². The van der Waals surface area contributed by atoms with Crippen molar-refractivity contribution in [2.75, 3.05) is 20.8 Å². The second kappa shape index (κ2) is 12.3. The SMILES string of the molecule is COc1cc(/C=C/c2cccc(-c3ccccc3)c2C)cc(OC)c1CNC(CCO)C(O)O. The third-order valence-corrected chi connectivity index (χ3v) is 5.89. The van der Waals surface area contributed by atoms with Gasteiger partial charge in [0.15, 0.2) is 6.29 Å². The number of methoxy groups -OCH3 is 2. The summed E-state index contributed by atoms with van der Waals surface area (Å²) in [4.78, 5) is 0. The van der Waals surface area contributed by atoms with Crippen molar-refractivity contribution in [2.24, 2.45) is 0 Å². The lowest BCUT2D eigenvalue weighted by Crippen LogP contribution is -2.40. The fourth-order valence-corrected chi connectivity index (χ4v) is 3.95. The van der Waals surface area contributed by atoms with Gasteiger partial charge in [-0.2, -0.15) is 0 Å². The highest BCUT2D eigenvalue weighted by Gasteiger charge is 2.18. The first kappa shape index (κ1) is 25.5. The molecule has 180 valence electrons. The molecule has 1 unspecified atom stereocenters. The Morgan fingerprint density at radius 3 is 2.18 bits per heavy atom. The maximum absolute atomic E-state index is 9.52. The van der Waals surface area contributed by atoms with Gasteiger partial charge in [-0.15, -0.1) is 0 Å². The summed E-state index contributed by atoms with van der Waals surface area (Å²) in [5.41, 5.74) is 6.37. The van der Waals surface area contributed by atoms with E-state index in [4.69, 9.17) is 14.6 Å². The largest absolute Gasteiger partial charge is 0.496 e. The van der Waals surface area contributed by atoms with Crippen molar-refractivity contribution in [3.05, 3.63) is 82.9 Å². The molecule has 34 heavy (non-hydrogen) atoms. The fraction of sp³-hybridized carbons (Fsp3) is 0.286. The maximum atomic E-state index is 9.52. The van der Waals surface area contributed by atoms with Crippen LogP contribution in [-0.2, 0) is 6.54 Å². The van der Waals surface area contributed by atoms with Gasteiger partial charge in [0.1, 0.15) is 11.5 Å². The highest BCUT2D eigenvalue weighted by Crippen LogP contribution is 2.32. The third-order valence-electron chi connectivity index (χ3n) is 5.89. The number of aliphatic hydroxyl groups is 3. The lowest BCUT2D eigenvalue weighted by Gasteiger charge is -2.21. The second-order valence-electron chi connectivity index (χ2n) is 8.04. The van der Waals surface area contributed by atoms with Gasteiger partial charge in [0.05, 0.1) is 20.3 Å². The second-order valence-corrected chi connectivity index (χ2v) is 8.04. The van der Waals surface area contributed by atoms with Crippen molar-refractivity contribution in [3.63, 3.8) is 0 Å². The number of hydrogen-bond acceptors (Lipinski definition) is 6. The first-order valence-electron chi connectivity index (χ1n) is 11.3. The van der Waals surface area contributed by atoms with Gasteiger partial charge in [-0.05, 0) is 53.3 Å². The molecule has 0 saturated heterocycles. The summed E-state index contributed by atoms with van der Waals surface area (Å²) in [6, 6.07) is 19.8. The van der Waals surface area contributed by atoms with Crippen molar-refractivity contribution in [1.29, 1.82) is 0 Å². The Morgan fingerprint density at radius 1 is 0.912 bits per heavy atom. The molecule has 0 heterocycles. The zero-order chi connectivity index (χ0) is 24.5. The average molecular weight is 464 g/mol.